The van der Waals surface area contributed by atoms with E-state index >= 15 is 0 Å². The molecule has 1 aromatic heterocycles. The van der Waals surface area contributed by atoms with Crippen LogP contribution in [-0.2, 0) is 11.8 Å². The number of rotatable bonds is 4. The summed E-state index contributed by atoms with van der Waals surface area (Å²) in [5, 5.41) is 3.71. The van der Waals surface area contributed by atoms with E-state index in [1.807, 2.05) is 4.90 Å². The molecule has 6 nitrogen and oxygen atoms in total. The average molecular weight is 338 g/mol. The Balaban J connectivity index is 1.55. The van der Waals surface area contributed by atoms with E-state index in [1.165, 1.54) is 17.9 Å². The van der Waals surface area contributed by atoms with E-state index in [2.05, 4.69) is 5.10 Å². The van der Waals surface area contributed by atoms with Crippen LogP contribution in [0.4, 0.5) is 8.78 Å². The number of alkyl halides is 2. The molecule has 2 amide bonds. The molecule has 0 aromatic carbocycles. The quantitative estimate of drug-likeness (QED) is 0.838. The number of carbonyl (C=O) groups is 2. The highest BCUT2D eigenvalue weighted by atomic mass is 19.3. The van der Waals surface area contributed by atoms with E-state index in [4.69, 9.17) is 0 Å². The van der Waals surface area contributed by atoms with Crippen molar-refractivity contribution < 1.29 is 18.4 Å². The third-order valence-electron chi connectivity index (χ3n) is 5.32. The van der Waals surface area contributed by atoms with Crippen LogP contribution in [0.5, 0.6) is 0 Å². The molecule has 24 heavy (non-hydrogen) atoms. The average Bonchev–Trinajstić information content (AvgIpc) is 2.99. The molecule has 8 heteroatoms. The van der Waals surface area contributed by atoms with Gasteiger partial charge in [-0.2, -0.15) is 5.10 Å². The molecule has 0 radical (unpaired) electrons. The second-order valence-electron chi connectivity index (χ2n) is 7.02. The van der Waals surface area contributed by atoms with Gasteiger partial charge in [0, 0.05) is 32.8 Å². The lowest BCUT2D eigenvalue weighted by Crippen LogP contribution is -2.40. The van der Waals surface area contributed by atoms with Crippen LogP contribution in [0.1, 0.15) is 48.2 Å². The molecular weight excluding hydrogens is 318 g/mol. The molecule has 1 saturated carbocycles. The number of likely N-dealkylation sites (tertiary alicyclic amines) is 2. The van der Waals surface area contributed by atoms with Gasteiger partial charge in [0.15, 0.2) is 0 Å². The lowest BCUT2D eigenvalue weighted by atomic mass is 10.1. The van der Waals surface area contributed by atoms with Gasteiger partial charge in [-0.3, -0.25) is 14.3 Å². The molecule has 2 saturated heterocycles. The van der Waals surface area contributed by atoms with Gasteiger partial charge in [-0.05, 0) is 25.2 Å². The van der Waals surface area contributed by atoms with Crippen molar-refractivity contribution in [2.75, 3.05) is 13.1 Å². The predicted molar refractivity (Wildman–Crippen MR) is 80.4 cm³/mol. The van der Waals surface area contributed by atoms with E-state index < -0.39 is 18.0 Å². The molecule has 0 bridgehead atoms. The maximum atomic E-state index is 13.1. The van der Waals surface area contributed by atoms with Gasteiger partial charge in [0.25, 0.3) is 12.3 Å². The molecule has 130 valence electrons. The Kier molecular flexibility index (Phi) is 3.58. The lowest BCUT2D eigenvalue weighted by Gasteiger charge is -2.25. The Morgan fingerprint density at radius 2 is 2.08 bits per heavy atom. The summed E-state index contributed by atoms with van der Waals surface area (Å²) in [7, 11) is 1.52. The van der Waals surface area contributed by atoms with Gasteiger partial charge in [0.05, 0.1) is 17.6 Å². The molecule has 3 heterocycles. The summed E-state index contributed by atoms with van der Waals surface area (Å²) in [6.45, 7) is 1.28. The van der Waals surface area contributed by atoms with Crippen LogP contribution in [0, 0.1) is 5.92 Å². The van der Waals surface area contributed by atoms with Gasteiger partial charge < -0.3 is 9.80 Å². The van der Waals surface area contributed by atoms with Crippen molar-refractivity contribution >= 4 is 11.8 Å². The molecule has 1 aliphatic carbocycles. The maximum absolute atomic E-state index is 13.1. The molecule has 2 aliphatic heterocycles. The van der Waals surface area contributed by atoms with Crippen molar-refractivity contribution in [2.24, 2.45) is 13.0 Å². The summed E-state index contributed by atoms with van der Waals surface area (Å²) in [6, 6.07) is -0.164. The summed E-state index contributed by atoms with van der Waals surface area (Å²) in [4.78, 5) is 28.6. The fraction of sp³-hybridized carbons (Fsp3) is 0.688. The minimum atomic E-state index is -2.79. The minimum Gasteiger partial charge on any atom is -0.337 e. The molecule has 0 spiro atoms. The van der Waals surface area contributed by atoms with Crippen molar-refractivity contribution in [1.82, 2.24) is 19.6 Å². The summed E-state index contributed by atoms with van der Waals surface area (Å²) in [5.74, 6) is 0.239. The van der Waals surface area contributed by atoms with E-state index in [9.17, 15) is 18.4 Å². The Bertz CT molecular complexity index is 686. The van der Waals surface area contributed by atoms with Crippen LogP contribution in [0.3, 0.4) is 0 Å². The first-order valence-corrected chi connectivity index (χ1v) is 8.38. The largest absolute Gasteiger partial charge is 0.337 e. The van der Waals surface area contributed by atoms with Crippen LogP contribution in [0.2, 0.25) is 0 Å². The molecule has 0 N–H and O–H groups in total. The van der Waals surface area contributed by atoms with Crippen LogP contribution in [-0.4, -0.2) is 56.6 Å². The standard InChI is InChI=1S/C16H20F2N4O2/c1-20-8-10(14(19-20)15(17)18)16(24)21-5-4-11-12(21)6-13(23)22(11)7-9-2-3-9/h8-9,11-12,15H,2-7H2,1H3/t11-,12-/m1/s1. The molecule has 2 atom stereocenters. The number of halogens is 2. The number of aromatic nitrogens is 2. The number of hydrogen-bond donors (Lipinski definition) is 0. The van der Waals surface area contributed by atoms with Gasteiger partial charge in [-0.25, -0.2) is 8.78 Å². The predicted octanol–water partition coefficient (Wildman–Crippen LogP) is 1.58. The van der Waals surface area contributed by atoms with Crippen molar-refractivity contribution in [3.63, 3.8) is 0 Å². The smallest absolute Gasteiger partial charge is 0.282 e. The van der Waals surface area contributed by atoms with E-state index in [0.29, 0.717) is 18.9 Å². The SMILES string of the molecule is Cn1cc(C(=O)N2CC[C@@H]3[C@H]2CC(=O)N3CC2CC2)c(C(F)F)n1. The topological polar surface area (TPSA) is 58.4 Å². The van der Waals surface area contributed by atoms with Crippen LogP contribution < -0.4 is 0 Å². The molecular formula is C16H20F2N4O2. The number of amides is 2. The normalized spacial score (nSPS) is 26.6. The van der Waals surface area contributed by atoms with Crippen LogP contribution in [0.15, 0.2) is 6.20 Å². The first kappa shape index (κ1) is 15.5. The monoisotopic (exact) mass is 338 g/mol. The van der Waals surface area contributed by atoms with Crippen LogP contribution >= 0.6 is 0 Å². The Labute approximate surface area is 138 Å². The van der Waals surface area contributed by atoms with Gasteiger partial charge >= 0.3 is 0 Å². The Morgan fingerprint density at radius 3 is 2.75 bits per heavy atom. The first-order valence-electron chi connectivity index (χ1n) is 8.38. The molecule has 0 unspecified atom stereocenters. The maximum Gasteiger partial charge on any atom is 0.282 e. The van der Waals surface area contributed by atoms with Gasteiger partial charge in [-0.15, -0.1) is 0 Å². The van der Waals surface area contributed by atoms with Gasteiger partial charge in [0.2, 0.25) is 5.91 Å². The summed E-state index contributed by atoms with van der Waals surface area (Å²) in [5.41, 5.74) is -0.536. The molecule has 3 fully saturated rings. The fourth-order valence-corrected chi connectivity index (χ4v) is 3.98. The van der Waals surface area contributed by atoms with Crippen molar-refractivity contribution in [3.05, 3.63) is 17.5 Å². The van der Waals surface area contributed by atoms with E-state index in [1.54, 1.807) is 4.90 Å². The summed E-state index contributed by atoms with van der Waals surface area (Å²) < 4.78 is 27.5. The zero-order valence-electron chi connectivity index (χ0n) is 13.5. The fourth-order valence-electron chi connectivity index (χ4n) is 3.98. The third-order valence-corrected chi connectivity index (χ3v) is 5.32. The van der Waals surface area contributed by atoms with E-state index in [0.717, 1.165) is 25.8 Å². The van der Waals surface area contributed by atoms with Crippen molar-refractivity contribution in [2.45, 2.75) is 44.2 Å². The zero-order valence-corrected chi connectivity index (χ0v) is 13.5. The lowest BCUT2D eigenvalue weighted by molar-refractivity contribution is -0.129. The number of nitrogens with zero attached hydrogens (tertiary/aromatic N) is 4. The molecule has 4 rings (SSSR count). The highest BCUT2D eigenvalue weighted by Crippen LogP contribution is 2.38. The minimum absolute atomic E-state index is 0.0359. The van der Waals surface area contributed by atoms with Crippen LogP contribution in [0.25, 0.3) is 0 Å². The Hall–Kier alpha value is -1.99. The third kappa shape index (κ3) is 2.48. The second kappa shape index (κ2) is 5.53. The number of hydrogen-bond acceptors (Lipinski definition) is 3. The van der Waals surface area contributed by atoms with Crippen molar-refractivity contribution in [1.29, 1.82) is 0 Å². The second-order valence-corrected chi connectivity index (χ2v) is 7.02. The highest BCUT2D eigenvalue weighted by molar-refractivity contribution is 5.96. The highest BCUT2D eigenvalue weighted by Gasteiger charge is 2.49. The number of carbonyl (C=O) groups excluding carboxylic acids is 2. The number of fused-ring (bicyclic) bond motifs is 1. The van der Waals surface area contributed by atoms with Gasteiger partial charge in [0.1, 0.15) is 5.69 Å². The number of aryl methyl sites for hydroxylation is 1. The van der Waals surface area contributed by atoms with E-state index in [-0.39, 0.29) is 23.6 Å². The summed E-state index contributed by atoms with van der Waals surface area (Å²) in [6.07, 6.45) is 1.90. The molecule has 1 aromatic rings. The Morgan fingerprint density at radius 1 is 1.33 bits per heavy atom. The zero-order chi connectivity index (χ0) is 17.0. The molecule has 3 aliphatic rings. The summed E-state index contributed by atoms with van der Waals surface area (Å²) >= 11 is 0. The van der Waals surface area contributed by atoms with Gasteiger partial charge in [-0.1, -0.05) is 0 Å². The van der Waals surface area contributed by atoms with Crippen molar-refractivity contribution in [3.8, 4) is 0 Å². The first-order chi connectivity index (χ1) is 11.5.